The SMILES string of the molecule is NC(=O)c1cc(S(=O)(=O)N2CCCC2)ccc1OCC(=O)NCC1COc2ccccc2O1. The maximum atomic E-state index is 12.7. The molecule has 2 aromatic carbocycles. The van der Waals surface area contributed by atoms with Crippen molar-refractivity contribution in [1.82, 2.24) is 9.62 Å². The summed E-state index contributed by atoms with van der Waals surface area (Å²) in [5.41, 5.74) is 5.32. The van der Waals surface area contributed by atoms with E-state index in [1.165, 1.54) is 22.5 Å². The fourth-order valence-corrected chi connectivity index (χ4v) is 5.20. The highest BCUT2D eigenvalue weighted by Gasteiger charge is 2.28. The van der Waals surface area contributed by atoms with Gasteiger partial charge in [0.05, 0.1) is 17.0 Å². The van der Waals surface area contributed by atoms with Gasteiger partial charge in [0.2, 0.25) is 10.0 Å². The molecule has 4 rings (SSSR count). The molecule has 2 aromatic rings. The first-order valence-electron chi connectivity index (χ1n) is 10.6. The van der Waals surface area contributed by atoms with Gasteiger partial charge in [0.25, 0.3) is 11.8 Å². The van der Waals surface area contributed by atoms with Crippen molar-refractivity contribution in [1.29, 1.82) is 0 Å². The Labute approximate surface area is 191 Å². The molecule has 1 fully saturated rings. The number of sulfonamides is 1. The van der Waals surface area contributed by atoms with Crippen molar-refractivity contribution in [3.63, 3.8) is 0 Å². The van der Waals surface area contributed by atoms with Gasteiger partial charge in [-0.15, -0.1) is 0 Å². The lowest BCUT2D eigenvalue weighted by Crippen LogP contribution is -2.42. The number of hydrogen-bond donors (Lipinski definition) is 2. The van der Waals surface area contributed by atoms with Crippen molar-refractivity contribution >= 4 is 21.8 Å². The minimum absolute atomic E-state index is 0.0317. The van der Waals surface area contributed by atoms with Crippen LogP contribution in [0.3, 0.4) is 0 Å². The van der Waals surface area contributed by atoms with Crippen molar-refractivity contribution < 1.29 is 32.2 Å². The van der Waals surface area contributed by atoms with Crippen molar-refractivity contribution in [3.8, 4) is 17.2 Å². The molecule has 0 radical (unpaired) electrons. The summed E-state index contributed by atoms with van der Waals surface area (Å²) in [7, 11) is -3.72. The Morgan fingerprint density at radius 3 is 2.58 bits per heavy atom. The smallest absolute Gasteiger partial charge is 0.258 e. The number of hydrogen-bond acceptors (Lipinski definition) is 7. The molecular formula is C22H25N3O7S. The first-order chi connectivity index (χ1) is 15.8. The monoisotopic (exact) mass is 475 g/mol. The molecule has 2 amide bonds. The summed E-state index contributed by atoms with van der Waals surface area (Å²) in [5, 5.41) is 2.69. The van der Waals surface area contributed by atoms with E-state index in [4.69, 9.17) is 19.9 Å². The highest BCUT2D eigenvalue weighted by molar-refractivity contribution is 7.89. The summed E-state index contributed by atoms with van der Waals surface area (Å²) in [6.07, 6.45) is 1.23. The lowest BCUT2D eigenvalue weighted by atomic mass is 10.2. The zero-order chi connectivity index (χ0) is 23.4. The van der Waals surface area contributed by atoms with Gasteiger partial charge in [-0.25, -0.2) is 8.42 Å². The van der Waals surface area contributed by atoms with E-state index in [-0.39, 0.29) is 42.1 Å². The van der Waals surface area contributed by atoms with E-state index in [2.05, 4.69) is 5.32 Å². The normalized spacial score (nSPS) is 18.0. The van der Waals surface area contributed by atoms with Crippen LogP contribution in [0.5, 0.6) is 17.2 Å². The molecule has 0 aliphatic carbocycles. The highest BCUT2D eigenvalue weighted by Crippen LogP contribution is 2.30. The van der Waals surface area contributed by atoms with E-state index < -0.39 is 21.8 Å². The predicted octanol–water partition coefficient (Wildman–Crippen LogP) is 0.905. The molecule has 0 saturated carbocycles. The number of carbonyl (C=O) groups is 2. The number of fused-ring (bicyclic) bond motifs is 1. The molecule has 2 aliphatic heterocycles. The van der Waals surface area contributed by atoms with Gasteiger partial charge in [0, 0.05) is 13.1 Å². The number of carbonyl (C=O) groups excluding carboxylic acids is 2. The Hall–Kier alpha value is -3.31. The Morgan fingerprint density at radius 2 is 1.85 bits per heavy atom. The van der Waals surface area contributed by atoms with Crippen LogP contribution < -0.4 is 25.3 Å². The van der Waals surface area contributed by atoms with Gasteiger partial charge < -0.3 is 25.3 Å². The number of amides is 2. The zero-order valence-corrected chi connectivity index (χ0v) is 18.7. The minimum atomic E-state index is -3.72. The lowest BCUT2D eigenvalue weighted by molar-refractivity contribution is -0.123. The zero-order valence-electron chi connectivity index (χ0n) is 17.9. The third-order valence-electron chi connectivity index (χ3n) is 5.37. The maximum Gasteiger partial charge on any atom is 0.258 e. The molecule has 11 heteroatoms. The summed E-state index contributed by atoms with van der Waals surface area (Å²) < 4.78 is 43.7. The van der Waals surface area contributed by atoms with Crippen LogP contribution in [0.4, 0.5) is 0 Å². The van der Waals surface area contributed by atoms with E-state index >= 15 is 0 Å². The van der Waals surface area contributed by atoms with Gasteiger partial charge in [-0.05, 0) is 43.2 Å². The number of primary amides is 1. The molecule has 3 N–H and O–H groups in total. The Morgan fingerprint density at radius 1 is 1.12 bits per heavy atom. The molecular weight excluding hydrogens is 450 g/mol. The second-order valence-electron chi connectivity index (χ2n) is 7.72. The van der Waals surface area contributed by atoms with Gasteiger partial charge >= 0.3 is 0 Å². The average Bonchev–Trinajstić information content (AvgIpc) is 3.37. The van der Waals surface area contributed by atoms with Crippen LogP contribution >= 0.6 is 0 Å². The second-order valence-corrected chi connectivity index (χ2v) is 9.66. The minimum Gasteiger partial charge on any atom is -0.486 e. The van der Waals surface area contributed by atoms with Crippen LogP contribution in [0, 0.1) is 0 Å². The van der Waals surface area contributed by atoms with Gasteiger partial charge in [-0.2, -0.15) is 4.31 Å². The summed E-state index contributed by atoms with van der Waals surface area (Å²) in [5.74, 6) is -0.00644. The third-order valence-corrected chi connectivity index (χ3v) is 7.27. The van der Waals surface area contributed by atoms with Crippen LogP contribution in [0.25, 0.3) is 0 Å². The largest absolute Gasteiger partial charge is 0.486 e. The number of nitrogens with two attached hydrogens (primary N) is 1. The molecule has 33 heavy (non-hydrogen) atoms. The summed E-state index contributed by atoms with van der Waals surface area (Å²) in [6.45, 7) is 0.980. The molecule has 2 aliphatic rings. The van der Waals surface area contributed by atoms with E-state index in [9.17, 15) is 18.0 Å². The average molecular weight is 476 g/mol. The molecule has 176 valence electrons. The number of nitrogens with one attached hydrogen (secondary N) is 1. The second kappa shape index (κ2) is 9.67. The fourth-order valence-electron chi connectivity index (χ4n) is 3.65. The standard InChI is InChI=1S/C22H25N3O7S/c23-22(27)17-11-16(33(28,29)25-9-3-4-10-25)7-8-18(17)31-14-21(26)24-12-15-13-30-19-5-1-2-6-20(19)32-15/h1-2,5-8,11,15H,3-4,9-10,12-14H2,(H2,23,27)(H,24,26). The first kappa shape index (κ1) is 22.9. The van der Waals surface area contributed by atoms with Gasteiger partial charge in [-0.1, -0.05) is 12.1 Å². The number of nitrogens with zero attached hydrogens (tertiary/aromatic N) is 1. The maximum absolute atomic E-state index is 12.7. The van der Waals surface area contributed by atoms with Crippen molar-refractivity contribution in [2.75, 3.05) is 32.8 Å². The van der Waals surface area contributed by atoms with Crippen LogP contribution in [-0.4, -0.2) is 63.5 Å². The van der Waals surface area contributed by atoms with E-state index in [1.807, 2.05) is 12.1 Å². The van der Waals surface area contributed by atoms with E-state index in [0.29, 0.717) is 24.6 Å². The van der Waals surface area contributed by atoms with Crippen molar-refractivity contribution in [2.24, 2.45) is 5.73 Å². The predicted molar refractivity (Wildman–Crippen MR) is 118 cm³/mol. The topological polar surface area (TPSA) is 137 Å². The quantitative estimate of drug-likeness (QED) is 0.579. The molecule has 10 nitrogen and oxygen atoms in total. The molecule has 0 bridgehead atoms. The van der Waals surface area contributed by atoms with Crippen LogP contribution in [0.1, 0.15) is 23.2 Å². The molecule has 2 heterocycles. The number of benzene rings is 2. The Balaban J connectivity index is 1.34. The Kier molecular flexibility index (Phi) is 6.70. The van der Waals surface area contributed by atoms with Gasteiger partial charge in [-0.3, -0.25) is 9.59 Å². The van der Waals surface area contributed by atoms with Gasteiger partial charge in [0.15, 0.2) is 18.1 Å². The lowest BCUT2D eigenvalue weighted by Gasteiger charge is -2.26. The number of ether oxygens (including phenoxy) is 3. The Bertz CT molecular complexity index is 1150. The molecule has 1 unspecified atom stereocenters. The summed E-state index contributed by atoms with van der Waals surface area (Å²) >= 11 is 0. The van der Waals surface area contributed by atoms with E-state index in [1.54, 1.807) is 12.1 Å². The summed E-state index contributed by atoms with van der Waals surface area (Å²) in [6, 6.07) is 11.1. The van der Waals surface area contributed by atoms with Crippen LogP contribution in [0.2, 0.25) is 0 Å². The molecule has 1 atom stereocenters. The van der Waals surface area contributed by atoms with Crippen LogP contribution in [-0.2, 0) is 14.8 Å². The molecule has 1 saturated heterocycles. The van der Waals surface area contributed by atoms with Crippen molar-refractivity contribution in [3.05, 3.63) is 48.0 Å². The fraction of sp³-hybridized carbons (Fsp3) is 0.364. The first-order valence-corrected chi connectivity index (χ1v) is 12.0. The molecule has 0 aromatic heterocycles. The summed E-state index contributed by atoms with van der Waals surface area (Å²) in [4.78, 5) is 24.1. The van der Waals surface area contributed by atoms with E-state index in [0.717, 1.165) is 12.8 Å². The molecule has 0 spiro atoms. The number of para-hydroxylation sites is 2. The highest BCUT2D eigenvalue weighted by atomic mass is 32.2. The van der Waals surface area contributed by atoms with Gasteiger partial charge in [0.1, 0.15) is 18.5 Å². The number of rotatable bonds is 8. The van der Waals surface area contributed by atoms with Crippen LogP contribution in [0.15, 0.2) is 47.4 Å². The third kappa shape index (κ3) is 5.20. The van der Waals surface area contributed by atoms with Crippen molar-refractivity contribution in [2.45, 2.75) is 23.8 Å².